The minimum atomic E-state index is -1.00. The lowest BCUT2D eigenvalue weighted by molar-refractivity contribution is -0.127. The van der Waals surface area contributed by atoms with Gasteiger partial charge in [0.2, 0.25) is 5.91 Å². The molecule has 2 unspecified atom stereocenters. The van der Waals surface area contributed by atoms with Crippen molar-refractivity contribution in [3.05, 3.63) is 65.2 Å². The van der Waals surface area contributed by atoms with Crippen LogP contribution in [0.25, 0.3) is 0 Å². The van der Waals surface area contributed by atoms with Crippen LogP contribution in [0.15, 0.2) is 42.5 Å². The molecule has 0 spiro atoms. The van der Waals surface area contributed by atoms with Crippen LogP contribution >= 0.6 is 0 Å². The van der Waals surface area contributed by atoms with Crippen LogP contribution < -0.4 is 15.4 Å². The summed E-state index contributed by atoms with van der Waals surface area (Å²) < 4.78 is 31.7. The first-order valence-electron chi connectivity index (χ1n) is 10.5. The van der Waals surface area contributed by atoms with E-state index in [0.29, 0.717) is 29.7 Å². The molecule has 3 atom stereocenters. The summed E-state index contributed by atoms with van der Waals surface area (Å²) in [5.74, 6) is -2.43. The fourth-order valence-electron chi connectivity index (χ4n) is 3.92. The Morgan fingerprint density at radius 3 is 2.50 bits per heavy atom. The number of nitriles is 1. The summed E-state index contributed by atoms with van der Waals surface area (Å²) >= 11 is 0. The highest BCUT2D eigenvalue weighted by molar-refractivity contribution is 5.95. The molecule has 168 valence electrons. The van der Waals surface area contributed by atoms with Crippen molar-refractivity contribution in [2.45, 2.75) is 44.2 Å². The van der Waals surface area contributed by atoms with E-state index in [4.69, 9.17) is 4.74 Å². The average molecular weight is 441 g/mol. The molecule has 1 aliphatic rings. The lowest BCUT2D eigenvalue weighted by Crippen LogP contribution is -2.50. The van der Waals surface area contributed by atoms with Crippen LogP contribution in [-0.2, 0) is 11.2 Å². The number of amides is 2. The standard InChI is InChI=1S/C24H25F2N3O3/c1-32-18-9-7-16(8-10-18)23(30)29-22-5-3-2-4-19(22)24(31)28-17(14-27)12-15-6-11-20(25)21(26)13-15/h6-11,13,17,19,22H,2-5,12H2,1H3,(H,28,31)(H,29,30)/t17-,19?,22?/m0/s1. The topological polar surface area (TPSA) is 91.2 Å². The zero-order valence-electron chi connectivity index (χ0n) is 17.7. The van der Waals surface area contributed by atoms with E-state index < -0.39 is 23.6 Å². The van der Waals surface area contributed by atoms with Gasteiger partial charge < -0.3 is 15.4 Å². The third-order valence-corrected chi connectivity index (χ3v) is 5.67. The van der Waals surface area contributed by atoms with Gasteiger partial charge >= 0.3 is 0 Å². The second kappa shape index (κ2) is 10.7. The van der Waals surface area contributed by atoms with E-state index in [0.717, 1.165) is 25.0 Å². The highest BCUT2D eigenvalue weighted by Crippen LogP contribution is 2.25. The maximum Gasteiger partial charge on any atom is 0.251 e. The first-order chi connectivity index (χ1) is 15.4. The summed E-state index contributed by atoms with van der Waals surface area (Å²) in [5, 5.41) is 15.1. The van der Waals surface area contributed by atoms with Crippen LogP contribution in [0.3, 0.4) is 0 Å². The predicted octanol–water partition coefficient (Wildman–Crippen LogP) is 3.51. The second-order valence-electron chi connectivity index (χ2n) is 7.84. The molecule has 0 aliphatic heterocycles. The molecule has 0 radical (unpaired) electrons. The summed E-state index contributed by atoms with van der Waals surface area (Å²) in [6.45, 7) is 0. The van der Waals surface area contributed by atoms with E-state index in [2.05, 4.69) is 10.6 Å². The molecule has 6 nitrogen and oxygen atoms in total. The second-order valence-corrected chi connectivity index (χ2v) is 7.84. The van der Waals surface area contributed by atoms with Gasteiger partial charge in [-0.3, -0.25) is 9.59 Å². The summed E-state index contributed by atoms with van der Waals surface area (Å²) in [6.07, 6.45) is 3.01. The van der Waals surface area contributed by atoms with Crippen LogP contribution in [0.1, 0.15) is 41.6 Å². The van der Waals surface area contributed by atoms with Crippen LogP contribution in [-0.4, -0.2) is 31.0 Å². The van der Waals surface area contributed by atoms with Crippen LogP contribution in [0, 0.1) is 28.9 Å². The van der Waals surface area contributed by atoms with Crippen LogP contribution in [0.2, 0.25) is 0 Å². The Morgan fingerprint density at radius 2 is 1.84 bits per heavy atom. The first-order valence-corrected chi connectivity index (χ1v) is 10.5. The quantitative estimate of drug-likeness (QED) is 0.688. The molecule has 2 amide bonds. The van der Waals surface area contributed by atoms with E-state index >= 15 is 0 Å². The van der Waals surface area contributed by atoms with E-state index in [1.807, 2.05) is 6.07 Å². The molecule has 0 bridgehead atoms. The molecule has 0 heterocycles. The van der Waals surface area contributed by atoms with Crippen molar-refractivity contribution in [2.75, 3.05) is 7.11 Å². The zero-order valence-corrected chi connectivity index (χ0v) is 17.7. The average Bonchev–Trinajstić information content (AvgIpc) is 2.81. The van der Waals surface area contributed by atoms with Gasteiger partial charge in [-0.25, -0.2) is 8.78 Å². The zero-order chi connectivity index (χ0) is 23.1. The number of rotatable bonds is 7. The van der Waals surface area contributed by atoms with E-state index in [1.54, 1.807) is 31.4 Å². The summed E-state index contributed by atoms with van der Waals surface area (Å²) in [5.41, 5.74) is 0.868. The van der Waals surface area contributed by atoms with E-state index in [9.17, 15) is 23.6 Å². The number of benzene rings is 2. The van der Waals surface area contributed by atoms with Gasteiger partial charge in [-0.05, 0) is 54.8 Å². The number of methoxy groups -OCH3 is 1. The fourth-order valence-corrected chi connectivity index (χ4v) is 3.92. The summed E-state index contributed by atoms with van der Waals surface area (Å²) in [4.78, 5) is 25.6. The van der Waals surface area contributed by atoms with Crippen molar-refractivity contribution in [1.82, 2.24) is 10.6 Å². The fraction of sp³-hybridized carbons (Fsp3) is 0.375. The Hall–Kier alpha value is -3.47. The van der Waals surface area contributed by atoms with Gasteiger partial charge in [-0.1, -0.05) is 18.9 Å². The van der Waals surface area contributed by atoms with Crippen molar-refractivity contribution in [2.24, 2.45) is 5.92 Å². The molecule has 2 aromatic rings. The third-order valence-electron chi connectivity index (χ3n) is 5.67. The van der Waals surface area contributed by atoms with Crippen molar-refractivity contribution in [1.29, 1.82) is 5.26 Å². The number of ether oxygens (including phenoxy) is 1. The molecular weight excluding hydrogens is 416 g/mol. The molecule has 1 aliphatic carbocycles. The number of nitrogens with zero attached hydrogens (tertiary/aromatic N) is 1. The number of hydrogen-bond acceptors (Lipinski definition) is 4. The minimum absolute atomic E-state index is 0.0506. The number of carbonyl (C=O) groups is 2. The third kappa shape index (κ3) is 5.82. The predicted molar refractivity (Wildman–Crippen MR) is 114 cm³/mol. The molecule has 32 heavy (non-hydrogen) atoms. The number of hydrogen-bond donors (Lipinski definition) is 2. The summed E-state index contributed by atoms with van der Waals surface area (Å²) in [6, 6.07) is 10.8. The molecule has 1 fully saturated rings. The van der Waals surface area contributed by atoms with Crippen molar-refractivity contribution in [3.63, 3.8) is 0 Å². The molecular formula is C24H25F2N3O3. The van der Waals surface area contributed by atoms with Gasteiger partial charge in [0, 0.05) is 18.0 Å². The Balaban J connectivity index is 1.64. The number of halogens is 2. The highest BCUT2D eigenvalue weighted by atomic mass is 19.2. The van der Waals surface area contributed by atoms with E-state index in [-0.39, 0.29) is 24.3 Å². The van der Waals surface area contributed by atoms with Crippen molar-refractivity contribution >= 4 is 11.8 Å². The maximum absolute atomic E-state index is 13.4. The summed E-state index contributed by atoms with van der Waals surface area (Å²) in [7, 11) is 1.54. The minimum Gasteiger partial charge on any atom is -0.497 e. The molecule has 0 aromatic heterocycles. The monoisotopic (exact) mass is 441 g/mol. The van der Waals surface area contributed by atoms with Crippen molar-refractivity contribution in [3.8, 4) is 11.8 Å². The maximum atomic E-state index is 13.4. The van der Waals surface area contributed by atoms with Crippen LogP contribution in [0.5, 0.6) is 5.75 Å². The molecule has 1 saturated carbocycles. The Labute approximate surface area is 185 Å². The van der Waals surface area contributed by atoms with Gasteiger partial charge in [-0.2, -0.15) is 5.26 Å². The van der Waals surface area contributed by atoms with Gasteiger partial charge in [0.15, 0.2) is 11.6 Å². The first kappa shape index (κ1) is 23.2. The molecule has 8 heteroatoms. The lowest BCUT2D eigenvalue weighted by atomic mass is 9.83. The van der Waals surface area contributed by atoms with Gasteiger partial charge in [-0.15, -0.1) is 0 Å². The normalized spacial score (nSPS) is 18.8. The van der Waals surface area contributed by atoms with Crippen molar-refractivity contribution < 1.29 is 23.1 Å². The highest BCUT2D eigenvalue weighted by Gasteiger charge is 2.33. The Kier molecular flexibility index (Phi) is 7.77. The SMILES string of the molecule is COc1ccc(C(=O)NC2CCCCC2C(=O)N[C@H](C#N)Cc2ccc(F)c(F)c2)cc1. The largest absolute Gasteiger partial charge is 0.497 e. The smallest absolute Gasteiger partial charge is 0.251 e. The molecule has 2 N–H and O–H groups in total. The van der Waals surface area contributed by atoms with Gasteiger partial charge in [0.25, 0.3) is 5.91 Å². The molecule has 0 saturated heterocycles. The number of carbonyl (C=O) groups excluding carboxylic acids is 2. The Bertz CT molecular complexity index is 1000. The lowest BCUT2D eigenvalue weighted by Gasteiger charge is -2.32. The van der Waals surface area contributed by atoms with Gasteiger partial charge in [0.05, 0.1) is 19.1 Å². The number of nitrogens with one attached hydrogen (secondary N) is 2. The van der Waals surface area contributed by atoms with E-state index in [1.165, 1.54) is 6.07 Å². The molecule has 2 aromatic carbocycles. The molecule has 3 rings (SSSR count). The Morgan fingerprint density at radius 1 is 1.12 bits per heavy atom. The van der Waals surface area contributed by atoms with Gasteiger partial charge in [0.1, 0.15) is 11.8 Å². The van der Waals surface area contributed by atoms with Crippen LogP contribution in [0.4, 0.5) is 8.78 Å².